The molecule has 0 radical (unpaired) electrons. The summed E-state index contributed by atoms with van der Waals surface area (Å²) in [6.45, 7) is 5.48. The van der Waals surface area contributed by atoms with Gasteiger partial charge >= 0.3 is 0 Å². The van der Waals surface area contributed by atoms with E-state index in [0.717, 1.165) is 35.1 Å². The predicted molar refractivity (Wildman–Crippen MR) is 106 cm³/mol. The molecule has 0 saturated carbocycles. The number of piperidine rings is 1. The van der Waals surface area contributed by atoms with Gasteiger partial charge in [0.05, 0.1) is 17.6 Å². The van der Waals surface area contributed by atoms with E-state index in [9.17, 15) is 13.2 Å². The Hall–Kier alpha value is -1.71. The number of thiazole rings is 1. The quantitative estimate of drug-likeness (QED) is 0.756. The van der Waals surface area contributed by atoms with Gasteiger partial charge in [-0.3, -0.25) is 4.79 Å². The molecule has 1 aromatic carbocycles. The first-order valence-corrected chi connectivity index (χ1v) is 11.8. The number of fused-ring (bicyclic) bond motifs is 1. The van der Waals surface area contributed by atoms with Crippen molar-refractivity contribution in [1.82, 2.24) is 8.87 Å². The standard InChI is InChI=1S/C18H25N3O4S2/c1-4-20-16-14(25-5-2)10-8-11-15(16)26-18(20)19-17(22)13-9-6-7-12-21(13)27(3,23)24/h8,10-11,13H,4-7,9,12H2,1-3H3. The Balaban J connectivity index is 2.07. The number of para-hydroxylation sites is 1. The van der Waals surface area contributed by atoms with E-state index in [2.05, 4.69) is 4.99 Å². The fourth-order valence-electron chi connectivity index (χ4n) is 3.47. The molecule has 3 rings (SSSR count). The van der Waals surface area contributed by atoms with Crippen molar-refractivity contribution in [3.63, 3.8) is 0 Å². The van der Waals surface area contributed by atoms with Crippen molar-refractivity contribution < 1.29 is 17.9 Å². The zero-order valence-electron chi connectivity index (χ0n) is 15.8. The molecule has 1 fully saturated rings. The minimum absolute atomic E-state index is 0.374. The van der Waals surface area contributed by atoms with E-state index in [-0.39, 0.29) is 0 Å². The molecule has 1 aliphatic heterocycles. The van der Waals surface area contributed by atoms with Crippen LogP contribution in [0.15, 0.2) is 23.2 Å². The highest BCUT2D eigenvalue weighted by atomic mass is 32.2. The monoisotopic (exact) mass is 411 g/mol. The molecule has 0 spiro atoms. The van der Waals surface area contributed by atoms with Gasteiger partial charge in [-0.05, 0) is 38.8 Å². The molecule has 1 aliphatic rings. The molecule has 1 unspecified atom stereocenters. The van der Waals surface area contributed by atoms with E-state index < -0.39 is 22.0 Å². The van der Waals surface area contributed by atoms with Gasteiger partial charge in [-0.2, -0.15) is 9.30 Å². The van der Waals surface area contributed by atoms with Crippen LogP contribution in [-0.4, -0.2) is 48.6 Å². The van der Waals surface area contributed by atoms with Crippen LogP contribution in [0.5, 0.6) is 5.75 Å². The third-order valence-corrected chi connectivity index (χ3v) is 6.98. The van der Waals surface area contributed by atoms with Gasteiger partial charge in [0.2, 0.25) is 10.0 Å². The number of rotatable bonds is 5. The minimum Gasteiger partial charge on any atom is -0.492 e. The van der Waals surface area contributed by atoms with Crippen LogP contribution in [0.3, 0.4) is 0 Å². The van der Waals surface area contributed by atoms with E-state index in [0.29, 0.717) is 30.9 Å². The van der Waals surface area contributed by atoms with E-state index >= 15 is 0 Å². The van der Waals surface area contributed by atoms with Crippen molar-refractivity contribution in [2.75, 3.05) is 19.4 Å². The van der Waals surface area contributed by atoms with Crippen LogP contribution in [0.25, 0.3) is 10.2 Å². The maximum Gasteiger partial charge on any atom is 0.266 e. The van der Waals surface area contributed by atoms with Gasteiger partial charge in [-0.1, -0.05) is 23.8 Å². The maximum atomic E-state index is 12.9. The molecule has 7 nitrogen and oxygen atoms in total. The molecule has 27 heavy (non-hydrogen) atoms. The number of sulfonamides is 1. The Morgan fingerprint density at radius 1 is 1.33 bits per heavy atom. The lowest BCUT2D eigenvalue weighted by atomic mass is 10.0. The molecular formula is C18H25N3O4S2. The van der Waals surface area contributed by atoms with E-state index in [1.807, 2.05) is 36.6 Å². The van der Waals surface area contributed by atoms with Gasteiger partial charge < -0.3 is 9.30 Å². The highest BCUT2D eigenvalue weighted by Gasteiger charge is 2.34. The van der Waals surface area contributed by atoms with E-state index in [1.165, 1.54) is 15.6 Å². The molecule has 0 N–H and O–H groups in total. The first kappa shape index (κ1) is 20.0. The second kappa shape index (κ2) is 8.12. The molecule has 9 heteroatoms. The normalized spacial score (nSPS) is 19.5. The van der Waals surface area contributed by atoms with Gasteiger partial charge in [0.1, 0.15) is 17.3 Å². The van der Waals surface area contributed by atoms with E-state index in [4.69, 9.17) is 4.74 Å². The topological polar surface area (TPSA) is 81.0 Å². The van der Waals surface area contributed by atoms with Gasteiger partial charge in [0.15, 0.2) is 4.80 Å². The molecule has 1 aromatic heterocycles. The molecule has 1 atom stereocenters. The van der Waals surface area contributed by atoms with Gasteiger partial charge in [0, 0.05) is 13.1 Å². The molecule has 2 heterocycles. The Labute approximate surface area is 163 Å². The van der Waals surface area contributed by atoms with Crippen LogP contribution >= 0.6 is 11.3 Å². The number of hydrogen-bond acceptors (Lipinski definition) is 5. The number of carbonyl (C=O) groups is 1. The Kier molecular flexibility index (Phi) is 6.02. The summed E-state index contributed by atoms with van der Waals surface area (Å²) in [6.07, 6.45) is 3.26. The Bertz CT molecular complexity index is 1010. The number of aromatic nitrogens is 1. The lowest BCUT2D eigenvalue weighted by molar-refractivity contribution is -0.122. The van der Waals surface area contributed by atoms with Crippen LogP contribution in [-0.2, 0) is 21.4 Å². The van der Waals surface area contributed by atoms with Crippen molar-refractivity contribution >= 4 is 37.5 Å². The first-order chi connectivity index (χ1) is 12.9. The molecule has 0 bridgehead atoms. The highest BCUT2D eigenvalue weighted by Crippen LogP contribution is 2.28. The predicted octanol–water partition coefficient (Wildman–Crippen LogP) is 2.36. The minimum atomic E-state index is -3.44. The van der Waals surface area contributed by atoms with Gasteiger partial charge in [-0.15, -0.1) is 0 Å². The largest absolute Gasteiger partial charge is 0.492 e. The SMILES string of the molecule is CCOc1cccc2sc(=NC(=O)C3CCCCN3S(C)(=O)=O)n(CC)c12. The summed E-state index contributed by atoms with van der Waals surface area (Å²) < 4.78 is 34.1. The third-order valence-electron chi connectivity index (χ3n) is 4.65. The summed E-state index contributed by atoms with van der Waals surface area (Å²) in [4.78, 5) is 17.8. The first-order valence-electron chi connectivity index (χ1n) is 9.17. The average Bonchev–Trinajstić information content (AvgIpc) is 2.99. The Morgan fingerprint density at radius 2 is 2.11 bits per heavy atom. The number of hydrogen-bond donors (Lipinski definition) is 0. The summed E-state index contributed by atoms with van der Waals surface area (Å²) in [5, 5.41) is 0. The Morgan fingerprint density at radius 3 is 2.78 bits per heavy atom. The molecule has 1 amide bonds. The third kappa shape index (κ3) is 4.09. The second-order valence-electron chi connectivity index (χ2n) is 6.50. The summed E-state index contributed by atoms with van der Waals surface area (Å²) in [5.74, 6) is 0.365. The van der Waals surface area contributed by atoms with Gasteiger partial charge in [0.25, 0.3) is 5.91 Å². The van der Waals surface area contributed by atoms with Crippen LogP contribution in [0, 0.1) is 0 Å². The van der Waals surface area contributed by atoms with Crippen LogP contribution in [0.2, 0.25) is 0 Å². The van der Waals surface area contributed by atoms with Crippen molar-refractivity contribution in [3.05, 3.63) is 23.0 Å². The number of ether oxygens (including phenoxy) is 1. The van der Waals surface area contributed by atoms with Crippen molar-refractivity contribution in [2.24, 2.45) is 4.99 Å². The summed E-state index contributed by atoms with van der Waals surface area (Å²) in [5.41, 5.74) is 0.919. The molecule has 1 saturated heterocycles. The second-order valence-corrected chi connectivity index (χ2v) is 9.44. The van der Waals surface area contributed by atoms with E-state index in [1.54, 1.807) is 0 Å². The number of aryl methyl sites for hydroxylation is 1. The number of nitrogens with zero attached hydrogens (tertiary/aromatic N) is 3. The van der Waals surface area contributed by atoms with Crippen LogP contribution in [0.4, 0.5) is 0 Å². The van der Waals surface area contributed by atoms with Crippen LogP contribution in [0.1, 0.15) is 33.1 Å². The number of amides is 1. The van der Waals surface area contributed by atoms with Crippen molar-refractivity contribution in [2.45, 2.75) is 45.7 Å². The molecule has 148 valence electrons. The fourth-order valence-corrected chi connectivity index (χ4v) is 5.70. The lowest BCUT2D eigenvalue weighted by Crippen LogP contribution is -2.47. The summed E-state index contributed by atoms with van der Waals surface area (Å²) in [6, 6.07) is 5.09. The maximum absolute atomic E-state index is 12.9. The fraction of sp³-hybridized carbons (Fsp3) is 0.556. The molecule has 2 aromatic rings. The zero-order chi connectivity index (χ0) is 19.6. The average molecular weight is 412 g/mol. The van der Waals surface area contributed by atoms with Crippen molar-refractivity contribution in [3.8, 4) is 5.75 Å². The summed E-state index contributed by atoms with van der Waals surface area (Å²) >= 11 is 1.42. The summed E-state index contributed by atoms with van der Waals surface area (Å²) in [7, 11) is -3.44. The highest BCUT2D eigenvalue weighted by molar-refractivity contribution is 7.88. The lowest BCUT2D eigenvalue weighted by Gasteiger charge is -2.31. The smallest absolute Gasteiger partial charge is 0.266 e. The number of carbonyl (C=O) groups excluding carboxylic acids is 1. The zero-order valence-corrected chi connectivity index (χ0v) is 17.5. The molecular weight excluding hydrogens is 386 g/mol. The molecule has 0 aliphatic carbocycles. The van der Waals surface area contributed by atoms with Crippen molar-refractivity contribution in [1.29, 1.82) is 0 Å². The number of benzene rings is 1. The van der Waals surface area contributed by atoms with Crippen LogP contribution < -0.4 is 9.54 Å². The van der Waals surface area contributed by atoms with Gasteiger partial charge in [-0.25, -0.2) is 8.42 Å².